The van der Waals surface area contributed by atoms with E-state index in [1.165, 1.54) is 11.8 Å². The molecule has 0 aliphatic rings. The van der Waals surface area contributed by atoms with Gasteiger partial charge in [-0.3, -0.25) is 4.79 Å². The van der Waals surface area contributed by atoms with Crippen LogP contribution in [0.25, 0.3) is 0 Å². The number of aromatic nitrogens is 2. The van der Waals surface area contributed by atoms with Crippen LogP contribution >= 0.6 is 11.8 Å². The fraction of sp³-hybridized carbons (Fsp3) is 0.545. The van der Waals surface area contributed by atoms with Crippen molar-refractivity contribution in [3.05, 3.63) is 17.5 Å². The van der Waals surface area contributed by atoms with Gasteiger partial charge in [-0.1, -0.05) is 18.7 Å². The van der Waals surface area contributed by atoms with Crippen molar-refractivity contribution in [2.45, 2.75) is 38.4 Å². The van der Waals surface area contributed by atoms with E-state index in [1.807, 2.05) is 27.0 Å². The minimum Gasteiger partial charge on any atom is -0.348 e. The number of carbonyl (C=O) groups excluding carboxylic acids is 1. The van der Waals surface area contributed by atoms with Crippen molar-refractivity contribution in [2.75, 3.05) is 6.26 Å². The molecule has 1 unspecified atom stereocenters. The summed E-state index contributed by atoms with van der Waals surface area (Å²) in [6.07, 6.45) is 2.80. The van der Waals surface area contributed by atoms with Gasteiger partial charge >= 0.3 is 0 Å². The molecule has 1 rings (SSSR count). The van der Waals surface area contributed by atoms with Crippen molar-refractivity contribution in [3.8, 4) is 0 Å². The van der Waals surface area contributed by atoms with Crippen molar-refractivity contribution in [2.24, 2.45) is 0 Å². The molecule has 0 aromatic carbocycles. The van der Waals surface area contributed by atoms with E-state index >= 15 is 0 Å². The fourth-order valence-electron chi connectivity index (χ4n) is 1.15. The standard InChI is InChI=1S/C11H17N3OS/c1-5-7(2)12-10(15)9-6-8(3)13-11(14-9)16-4/h6-7H,5H2,1-4H3,(H,12,15). The second kappa shape index (κ2) is 5.84. The topological polar surface area (TPSA) is 54.9 Å². The molecule has 1 N–H and O–H groups in total. The molecule has 0 fully saturated rings. The number of hydrogen-bond acceptors (Lipinski definition) is 4. The van der Waals surface area contributed by atoms with Crippen LogP contribution in [0, 0.1) is 6.92 Å². The lowest BCUT2D eigenvalue weighted by Gasteiger charge is -2.11. The maximum Gasteiger partial charge on any atom is 0.270 e. The normalized spacial score (nSPS) is 12.2. The third-order valence-electron chi connectivity index (χ3n) is 2.24. The van der Waals surface area contributed by atoms with Gasteiger partial charge < -0.3 is 5.32 Å². The number of thioether (sulfide) groups is 1. The first-order chi connectivity index (χ1) is 7.56. The Labute approximate surface area is 100 Å². The zero-order valence-electron chi connectivity index (χ0n) is 10.1. The molecule has 1 aromatic rings. The molecule has 16 heavy (non-hydrogen) atoms. The summed E-state index contributed by atoms with van der Waals surface area (Å²) in [5, 5.41) is 3.52. The van der Waals surface area contributed by atoms with Gasteiger partial charge in [-0.05, 0) is 32.6 Å². The molecule has 1 atom stereocenters. The van der Waals surface area contributed by atoms with Gasteiger partial charge in [0.05, 0.1) is 0 Å². The Balaban J connectivity index is 2.86. The number of amides is 1. The molecule has 0 spiro atoms. The smallest absolute Gasteiger partial charge is 0.270 e. The predicted molar refractivity (Wildman–Crippen MR) is 65.8 cm³/mol. The van der Waals surface area contributed by atoms with Crippen LogP contribution < -0.4 is 5.32 Å². The highest BCUT2D eigenvalue weighted by Gasteiger charge is 2.11. The Morgan fingerprint density at radius 1 is 1.56 bits per heavy atom. The molecule has 0 aliphatic carbocycles. The average molecular weight is 239 g/mol. The van der Waals surface area contributed by atoms with Gasteiger partial charge in [0.15, 0.2) is 5.16 Å². The highest BCUT2D eigenvalue weighted by atomic mass is 32.2. The highest BCUT2D eigenvalue weighted by Crippen LogP contribution is 2.10. The van der Waals surface area contributed by atoms with E-state index < -0.39 is 0 Å². The van der Waals surface area contributed by atoms with Crippen molar-refractivity contribution < 1.29 is 4.79 Å². The zero-order valence-corrected chi connectivity index (χ0v) is 10.9. The summed E-state index contributed by atoms with van der Waals surface area (Å²) in [6, 6.07) is 1.87. The van der Waals surface area contributed by atoms with E-state index in [0.717, 1.165) is 12.1 Å². The molecule has 0 bridgehead atoms. The Morgan fingerprint density at radius 2 is 2.25 bits per heavy atom. The summed E-state index contributed by atoms with van der Waals surface area (Å²) in [4.78, 5) is 20.2. The molecule has 88 valence electrons. The minimum absolute atomic E-state index is 0.129. The van der Waals surface area contributed by atoms with Crippen molar-refractivity contribution >= 4 is 17.7 Å². The molecule has 4 nitrogen and oxygen atoms in total. The molecule has 5 heteroatoms. The number of rotatable bonds is 4. The van der Waals surface area contributed by atoms with Crippen LogP contribution in [0.5, 0.6) is 0 Å². The highest BCUT2D eigenvalue weighted by molar-refractivity contribution is 7.98. The maximum absolute atomic E-state index is 11.8. The Morgan fingerprint density at radius 3 is 2.81 bits per heavy atom. The zero-order chi connectivity index (χ0) is 12.1. The van der Waals surface area contributed by atoms with Crippen LogP contribution in [0.2, 0.25) is 0 Å². The fourth-order valence-corrected chi connectivity index (χ4v) is 1.57. The molecule has 1 amide bonds. The third-order valence-corrected chi connectivity index (χ3v) is 2.79. The molecule has 1 heterocycles. The van der Waals surface area contributed by atoms with E-state index in [4.69, 9.17) is 0 Å². The van der Waals surface area contributed by atoms with Gasteiger partial charge in [-0.15, -0.1) is 0 Å². The summed E-state index contributed by atoms with van der Waals surface area (Å²) in [5.74, 6) is -0.129. The molecular weight excluding hydrogens is 222 g/mol. The Hall–Kier alpha value is -1.10. The first-order valence-corrected chi connectivity index (χ1v) is 6.49. The summed E-state index contributed by atoms with van der Waals surface area (Å²) in [6.45, 7) is 5.87. The van der Waals surface area contributed by atoms with Gasteiger partial charge in [0.1, 0.15) is 5.69 Å². The van der Waals surface area contributed by atoms with Crippen LogP contribution in [0.3, 0.4) is 0 Å². The lowest BCUT2D eigenvalue weighted by molar-refractivity contribution is 0.0933. The monoisotopic (exact) mass is 239 g/mol. The third kappa shape index (κ3) is 3.48. The van der Waals surface area contributed by atoms with Crippen LogP contribution in [0.1, 0.15) is 36.5 Å². The molecule has 0 saturated heterocycles. The molecule has 0 saturated carbocycles. The van der Waals surface area contributed by atoms with E-state index in [0.29, 0.717) is 10.9 Å². The van der Waals surface area contributed by atoms with Crippen molar-refractivity contribution in [1.29, 1.82) is 0 Å². The Bertz CT molecular complexity index is 381. The van der Waals surface area contributed by atoms with Crippen LogP contribution in [-0.2, 0) is 0 Å². The second-order valence-corrected chi connectivity index (χ2v) is 4.44. The molecule has 0 aliphatic heterocycles. The van der Waals surface area contributed by atoms with E-state index in [2.05, 4.69) is 15.3 Å². The molecular formula is C11H17N3OS. The van der Waals surface area contributed by atoms with Crippen LogP contribution in [-0.4, -0.2) is 28.2 Å². The van der Waals surface area contributed by atoms with Crippen LogP contribution in [0.15, 0.2) is 11.2 Å². The van der Waals surface area contributed by atoms with Crippen molar-refractivity contribution in [3.63, 3.8) is 0 Å². The summed E-state index contributed by atoms with van der Waals surface area (Å²) >= 11 is 1.44. The SMILES string of the molecule is CCC(C)NC(=O)c1cc(C)nc(SC)n1. The largest absolute Gasteiger partial charge is 0.348 e. The quantitative estimate of drug-likeness (QED) is 0.645. The van der Waals surface area contributed by atoms with Gasteiger partial charge in [-0.25, -0.2) is 9.97 Å². The van der Waals surface area contributed by atoms with Gasteiger partial charge in [0.25, 0.3) is 5.91 Å². The minimum atomic E-state index is -0.129. The van der Waals surface area contributed by atoms with E-state index in [-0.39, 0.29) is 11.9 Å². The van der Waals surface area contributed by atoms with Gasteiger partial charge in [-0.2, -0.15) is 0 Å². The van der Waals surface area contributed by atoms with E-state index in [9.17, 15) is 4.79 Å². The lowest BCUT2D eigenvalue weighted by atomic mass is 10.2. The Kier molecular flexibility index (Phi) is 4.73. The number of nitrogens with one attached hydrogen (secondary N) is 1. The van der Waals surface area contributed by atoms with Crippen LogP contribution in [0.4, 0.5) is 0 Å². The first kappa shape index (κ1) is 13.0. The first-order valence-electron chi connectivity index (χ1n) is 5.27. The van der Waals surface area contributed by atoms with Crippen molar-refractivity contribution in [1.82, 2.24) is 15.3 Å². The molecule has 1 aromatic heterocycles. The summed E-state index contributed by atoms with van der Waals surface area (Å²) in [7, 11) is 0. The number of hydrogen-bond donors (Lipinski definition) is 1. The molecule has 0 radical (unpaired) electrons. The van der Waals surface area contributed by atoms with Gasteiger partial charge in [0.2, 0.25) is 0 Å². The number of aryl methyl sites for hydroxylation is 1. The van der Waals surface area contributed by atoms with E-state index in [1.54, 1.807) is 6.07 Å². The second-order valence-electron chi connectivity index (χ2n) is 3.66. The average Bonchev–Trinajstić information content (AvgIpc) is 2.27. The number of carbonyl (C=O) groups is 1. The van der Waals surface area contributed by atoms with Gasteiger partial charge in [0, 0.05) is 11.7 Å². The summed E-state index contributed by atoms with van der Waals surface area (Å²) < 4.78 is 0. The maximum atomic E-state index is 11.8. The number of nitrogens with zero attached hydrogens (tertiary/aromatic N) is 2. The summed E-state index contributed by atoms with van der Waals surface area (Å²) in [5.41, 5.74) is 1.26. The lowest BCUT2D eigenvalue weighted by Crippen LogP contribution is -2.32. The predicted octanol–water partition coefficient (Wildman–Crippen LogP) is 2.04.